The van der Waals surface area contributed by atoms with E-state index in [9.17, 15) is 0 Å². The lowest BCUT2D eigenvalue weighted by Gasteiger charge is -1.94. The molecule has 0 aliphatic heterocycles. The van der Waals surface area contributed by atoms with Crippen LogP contribution in [0.4, 0.5) is 0 Å². The predicted molar refractivity (Wildman–Crippen MR) is 110 cm³/mol. The van der Waals surface area contributed by atoms with E-state index < -0.39 is 0 Å². The van der Waals surface area contributed by atoms with Gasteiger partial charge in [0.1, 0.15) is 11.2 Å². The SMILES string of the molecule is c1ccc2sc(-c3ccc4s[n+](-c5ccc6occc6n5)cc4c3)nc2c1. The summed E-state index contributed by atoms with van der Waals surface area (Å²) < 4.78 is 9.91. The van der Waals surface area contributed by atoms with Gasteiger partial charge in [-0.1, -0.05) is 18.2 Å². The molecule has 0 spiro atoms. The van der Waals surface area contributed by atoms with Gasteiger partial charge in [0, 0.05) is 34.6 Å². The Hall–Kier alpha value is -3.09. The van der Waals surface area contributed by atoms with E-state index in [1.165, 1.54) is 14.8 Å². The fourth-order valence-electron chi connectivity index (χ4n) is 3.20. The van der Waals surface area contributed by atoms with Crippen LogP contribution in [0, 0.1) is 0 Å². The molecule has 4 heterocycles. The van der Waals surface area contributed by atoms with E-state index in [0.29, 0.717) is 0 Å². The first-order valence-corrected chi connectivity index (χ1v) is 10.1. The molecule has 6 rings (SSSR count). The Bertz CT molecular complexity index is 1410. The summed E-state index contributed by atoms with van der Waals surface area (Å²) in [5, 5.41) is 2.24. The van der Waals surface area contributed by atoms with E-state index in [2.05, 4.69) is 51.5 Å². The first kappa shape index (κ1) is 15.0. The van der Waals surface area contributed by atoms with E-state index >= 15 is 0 Å². The average molecular weight is 386 g/mol. The minimum absolute atomic E-state index is 0.804. The highest BCUT2D eigenvalue weighted by atomic mass is 32.1. The van der Waals surface area contributed by atoms with Crippen LogP contribution in [0.3, 0.4) is 0 Å². The number of hydrogen-bond donors (Lipinski definition) is 0. The third kappa shape index (κ3) is 2.45. The molecule has 4 aromatic heterocycles. The number of fused-ring (bicyclic) bond motifs is 3. The van der Waals surface area contributed by atoms with Gasteiger partial charge in [0.25, 0.3) is 0 Å². The molecule has 0 radical (unpaired) electrons. The number of hydrogen-bond acceptors (Lipinski definition) is 5. The van der Waals surface area contributed by atoms with Gasteiger partial charge >= 0.3 is 5.82 Å². The first-order valence-electron chi connectivity index (χ1n) is 8.50. The lowest BCUT2D eigenvalue weighted by molar-refractivity contribution is -0.522. The Kier molecular flexibility index (Phi) is 3.17. The Morgan fingerprint density at radius 2 is 1.81 bits per heavy atom. The predicted octanol–water partition coefficient (Wildman–Crippen LogP) is 5.60. The number of para-hydroxylation sites is 1. The molecule has 128 valence electrons. The maximum atomic E-state index is 5.38. The summed E-state index contributed by atoms with van der Waals surface area (Å²) in [6.07, 6.45) is 3.80. The van der Waals surface area contributed by atoms with E-state index in [4.69, 9.17) is 9.40 Å². The topological polar surface area (TPSA) is 42.8 Å². The van der Waals surface area contributed by atoms with E-state index in [1.54, 1.807) is 29.1 Å². The number of rotatable bonds is 2. The first-order chi connectivity index (χ1) is 13.3. The standard InChI is InChI=1S/C21H12N3OS2/c1-2-4-19-16(3-1)23-21(26-19)13-5-7-18-14(11-13)12-24(27-18)20-8-6-17-15(22-20)9-10-25-17/h1-12H/q+1. The van der Waals surface area contributed by atoms with Gasteiger partial charge < -0.3 is 4.42 Å². The molecule has 0 saturated carbocycles. The zero-order chi connectivity index (χ0) is 17.8. The second-order valence-electron chi connectivity index (χ2n) is 6.26. The zero-order valence-corrected chi connectivity index (χ0v) is 15.6. The highest BCUT2D eigenvalue weighted by Crippen LogP contribution is 2.32. The summed E-state index contributed by atoms with van der Waals surface area (Å²) >= 11 is 3.40. The summed E-state index contributed by atoms with van der Waals surface area (Å²) in [6, 6.07) is 20.6. The highest BCUT2D eigenvalue weighted by molar-refractivity contribution is 7.21. The minimum atomic E-state index is 0.804. The van der Waals surface area contributed by atoms with Crippen molar-refractivity contribution in [1.29, 1.82) is 0 Å². The van der Waals surface area contributed by atoms with E-state index in [-0.39, 0.29) is 0 Å². The summed E-state index contributed by atoms with van der Waals surface area (Å²) in [4.78, 5) is 9.45. The van der Waals surface area contributed by atoms with Crippen LogP contribution in [0.2, 0.25) is 0 Å². The lowest BCUT2D eigenvalue weighted by atomic mass is 10.2. The zero-order valence-electron chi connectivity index (χ0n) is 14.0. The van der Waals surface area contributed by atoms with Crippen molar-refractivity contribution in [2.75, 3.05) is 0 Å². The van der Waals surface area contributed by atoms with Gasteiger partial charge in [-0.3, -0.25) is 0 Å². The van der Waals surface area contributed by atoms with Crippen LogP contribution in [0.1, 0.15) is 0 Å². The number of pyridine rings is 1. The average Bonchev–Trinajstić information content (AvgIpc) is 3.42. The van der Waals surface area contributed by atoms with Crippen LogP contribution in [-0.4, -0.2) is 9.97 Å². The van der Waals surface area contributed by atoms with Crippen molar-refractivity contribution in [3.05, 3.63) is 73.1 Å². The van der Waals surface area contributed by atoms with Crippen molar-refractivity contribution < 1.29 is 8.37 Å². The molecule has 27 heavy (non-hydrogen) atoms. The molecule has 4 nitrogen and oxygen atoms in total. The van der Waals surface area contributed by atoms with Gasteiger partial charge in [0.2, 0.25) is 5.52 Å². The van der Waals surface area contributed by atoms with Crippen molar-refractivity contribution in [1.82, 2.24) is 9.97 Å². The van der Waals surface area contributed by atoms with Crippen LogP contribution < -0.4 is 3.96 Å². The fourth-order valence-corrected chi connectivity index (χ4v) is 5.08. The number of thiazole rings is 1. The molecule has 0 aliphatic rings. The van der Waals surface area contributed by atoms with Crippen LogP contribution >= 0.6 is 22.9 Å². The lowest BCUT2D eigenvalue weighted by Crippen LogP contribution is -2.25. The third-order valence-corrected chi connectivity index (χ3v) is 6.66. The number of aromatic nitrogens is 3. The quantitative estimate of drug-likeness (QED) is 0.364. The van der Waals surface area contributed by atoms with Gasteiger partial charge in [0.15, 0.2) is 5.58 Å². The van der Waals surface area contributed by atoms with Crippen molar-refractivity contribution in [3.8, 4) is 16.4 Å². The molecule has 6 heteroatoms. The van der Waals surface area contributed by atoms with Crippen LogP contribution in [0.5, 0.6) is 0 Å². The molecule has 2 aromatic carbocycles. The fraction of sp³-hybridized carbons (Fsp3) is 0. The Morgan fingerprint density at radius 3 is 2.78 bits per heavy atom. The molecular weight excluding hydrogens is 374 g/mol. The molecule has 0 bridgehead atoms. The monoisotopic (exact) mass is 386 g/mol. The normalized spacial score (nSPS) is 11.7. The minimum Gasteiger partial charge on any atom is -0.460 e. The second kappa shape index (κ2) is 5.70. The van der Waals surface area contributed by atoms with Crippen molar-refractivity contribution in [2.24, 2.45) is 0 Å². The van der Waals surface area contributed by atoms with Gasteiger partial charge in [-0.15, -0.1) is 15.3 Å². The summed E-state index contributed by atoms with van der Waals surface area (Å²) in [5.41, 5.74) is 3.87. The number of benzene rings is 2. The molecule has 0 aliphatic carbocycles. The smallest absolute Gasteiger partial charge is 0.339 e. The van der Waals surface area contributed by atoms with Gasteiger partial charge in [-0.25, -0.2) is 4.98 Å². The second-order valence-corrected chi connectivity index (χ2v) is 8.31. The van der Waals surface area contributed by atoms with Gasteiger partial charge in [-0.05, 0) is 35.3 Å². The summed E-state index contributed by atoms with van der Waals surface area (Å²) in [6.45, 7) is 0. The molecule has 0 unspecified atom stereocenters. The Labute approximate surface area is 162 Å². The molecule has 0 fully saturated rings. The molecule has 0 atom stereocenters. The Balaban J connectivity index is 1.46. The maximum absolute atomic E-state index is 5.38. The van der Waals surface area contributed by atoms with E-state index in [0.717, 1.165) is 33.0 Å². The van der Waals surface area contributed by atoms with Crippen molar-refractivity contribution in [2.45, 2.75) is 0 Å². The largest absolute Gasteiger partial charge is 0.460 e. The van der Waals surface area contributed by atoms with E-state index in [1.807, 2.05) is 24.3 Å². The number of furan rings is 1. The van der Waals surface area contributed by atoms with Crippen LogP contribution in [0.25, 0.3) is 47.8 Å². The molecule has 0 amide bonds. The highest BCUT2D eigenvalue weighted by Gasteiger charge is 2.16. The third-order valence-electron chi connectivity index (χ3n) is 4.52. The van der Waals surface area contributed by atoms with Crippen LogP contribution in [-0.2, 0) is 0 Å². The molecule has 6 aromatic rings. The molecule has 0 saturated heterocycles. The summed E-state index contributed by atoms with van der Waals surface area (Å²) in [7, 11) is 0. The molecular formula is C21H12N3OS2+. The van der Waals surface area contributed by atoms with Gasteiger partial charge in [0.05, 0.1) is 21.2 Å². The maximum Gasteiger partial charge on any atom is 0.339 e. The molecule has 0 N–H and O–H groups in total. The van der Waals surface area contributed by atoms with Gasteiger partial charge in [-0.2, -0.15) is 0 Å². The summed E-state index contributed by atoms with van der Waals surface area (Å²) in [5.74, 6) is 0.895. The number of nitrogens with zero attached hydrogens (tertiary/aromatic N) is 3. The van der Waals surface area contributed by atoms with Crippen LogP contribution in [0.15, 0.2) is 77.5 Å². The van der Waals surface area contributed by atoms with Crippen molar-refractivity contribution in [3.63, 3.8) is 0 Å². The van der Waals surface area contributed by atoms with Crippen molar-refractivity contribution >= 4 is 54.3 Å². The Morgan fingerprint density at radius 1 is 0.852 bits per heavy atom.